The fraction of sp³-hybridized carbons (Fsp3) is 0.659. The van der Waals surface area contributed by atoms with E-state index in [1.807, 2.05) is 50.4 Å². The van der Waals surface area contributed by atoms with Crippen LogP contribution in [0, 0.1) is 24.2 Å². The van der Waals surface area contributed by atoms with Crippen LogP contribution in [0.15, 0.2) is 36.4 Å². The number of allylic oxidation sites excluding steroid dienone is 2. The minimum absolute atomic E-state index is 0. The normalized spacial score (nSPS) is 31.1. The molecule has 6 aliphatic rings. The molecule has 1 aromatic carbocycles. The number of likely N-dealkylation sites (tertiary alicyclic amines) is 1. The van der Waals surface area contributed by atoms with Crippen molar-refractivity contribution in [3.05, 3.63) is 47.7 Å². The second-order valence-electron chi connectivity index (χ2n) is 17.9. The number of benzene rings is 1. The van der Waals surface area contributed by atoms with Gasteiger partial charge in [-0.1, -0.05) is 50.6 Å². The van der Waals surface area contributed by atoms with E-state index >= 15 is 0 Å². The van der Waals surface area contributed by atoms with Gasteiger partial charge in [-0.25, -0.2) is 13.4 Å². The highest BCUT2D eigenvalue weighted by atomic mass is 32.2. The van der Waals surface area contributed by atoms with Crippen molar-refractivity contribution in [2.45, 2.75) is 140 Å². The summed E-state index contributed by atoms with van der Waals surface area (Å²) in [5, 5.41) is 1.02. The van der Waals surface area contributed by atoms with Gasteiger partial charge in [0, 0.05) is 42.8 Å². The van der Waals surface area contributed by atoms with Crippen LogP contribution in [0.3, 0.4) is 0 Å². The van der Waals surface area contributed by atoms with Crippen LogP contribution in [0.25, 0.3) is 10.9 Å². The van der Waals surface area contributed by atoms with Crippen LogP contribution in [0.1, 0.15) is 115 Å². The Balaban J connectivity index is 0.00000496. The molecule has 2 saturated carbocycles. The lowest BCUT2D eigenvalue weighted by Gasteiger charge is -2.36. The van der Waals surface area contributed by atoms with Gasteiger partial charge in [0.1, 0.15) is 17.5 Å². The number of aromatic nitrogens is 1. The summed E-state index contributed by atoms with van der Waals surface area (Å²) in [6, 6.07) is 7.05. The zero-order valence-electron chi connectivity index (χ0n) is 33.0. The largest absolute Gasteiger partial charge is 0.483 e. The number of pyridine rings is 1. The van der Waals surface area contributed by atoms with Crippen molar-refractivity contribution in [3.63, 3.8) is 0 Å². The Kier molecular flexibility index (Phi) is 11.4. The predicted molar refractivity (Wildman–Crippen MR) is 217 cm³/mol. The fourth-order valence-electron chi connectivity index (χ4n) is 9.65. The zero-order valence-corrected chi connectivity index (χ0v) is 33.8. The van der Waals surface area contributed by atoms with Crippen molar-refractivity contribution >= 4 is 44.5 Å². The van der Waals surface area contributed by atoms with Gasteiger partial charge >= 0.3 is 5.97 Å². The molecule has 310 valence electrons. The van der Waals surface area contributed by atoms with Crippen LogP contribution < -0.4 is 9.46 Å². The fourth-order valence-corrected chi connectivity index (χ4v) is 11.0. The molecule has 1 aromatic heterocycles. The van der Waals surface area contributed by atoms with E-state index in [1.54, 1.807) is 11.8 Å². The summed E-state index contributed by atoms with van der Waals surface area (Å²) in [7, 11) is -1.88. The van der Waals surface area contributed by atoms with E-state index in [9.17, 15) is 27.6 Å². The van der Waals surface area contributed by atoms with Gasteiger partial charge in [-0.05, 0) is 97.1 Å². The molecule has 5 heterocycles. The van der Waals surface area contributed by atoms with Crippen LogP contribution >= 0.6 is 0 Å². The van der Waals surface area contributed by atoms with Crippen molar-refractivity contribution in [2.24, 2.45) is 17.3 Å². The lowest BCUT2D eigenvalue weighted by atomic mass is 9.85. The summed E-state index contributed by atoms with van der Waals surface area (Å²) in [4.78, 5) is 66.0. The minimum Gasteiger partial charge on any atom is -0.483 e. The molecule has 57 heavy (non-hydrogen) atoms. The van der Waals surface area contributed by atoms with Crippen LogP contribution in [-0.2, 0) is 40.4 Å². The van der Waals surface area contributed by atoms with E-state index in [1.165, 1.54) is 0 Å². The number of nitrogens with one attached hydrogen (secondary N) is 1. The average Bonchev–Trinajstić information content (AvgIpc) is 4.06. The number of fused-ring (bicyclic) bond motifs is 5. The predicted octanol–water partition coefficient (Wildman–Crippen LogP) is 5.97. The number of amides is 2. The van der Waals surface area contributed by atoms with Crippen LogP contribution in [0.2, 0.25) is 0 Å². The van der Waals surface area contributed by atoms with Crippen molar-refractivity contribution in [1.29, 1.82) is 0 Å². The third kappa shape index (κ3) is 8.12. The number of ether oxygens (including phenoxy) is 2. The molecule has 13 heteroatoms. The standard InChI is InChI=1S/C43H56N4O8S.CH4/c1-28-38-33(32-13-9-10-14-34(32)44-28)15-18-42(55-38)25-35-36(48)26-43(40(51)45-56(52,53)41(2)19-20-41)24-30(43)12-8-6-4-5-7-11-29(39(50)47(35)27-42)23-37(49)54-31-16-21-46(3)22-17-31;/h8-10,12-14,29-31,35H,4-7,11,15-27H2,1-3H3,(H,45,51);1H4/b12-8-;/t29-,30-,35+,42-,43-;/m1./s1. The lowest BCUT2D eigenvalue weighted by molar-refractivity contribution is -0.156. The third-order valence-corrected chi connectivity index (χ3v) is 15.9. The number of para-hydroxylation sites is 1. The highest BCUT2D eigenvalue weighted by molar-refractivity contribution is 7.91. The maximum absolute atomic E-state index is 14.9. The maximum Gasteiger partial charge on any atom is 0.306 e. The van der Waals surface area contributed by atoms with E-state index in [-0.39, 0.29) is 56.9 Å². The number of hydrogen-bond acceptors (Lipinski definition) is 10. The van der Waals surface area contributed by atoms with Crippen molar-refractivity contribution in [1.82, 2.24) is 19.5 Å². The van der Waals surface area contributed by atoms with Crippen molar-refractivity contribution in [3.8, 4) is 5.75 Å². The highest BCUT2D eigenvalue weighted by Crippen LogP contribution is 2.58. The molecule has 2 aliphatic carbocycles. The van der Waals surface area contributed by atoms with Crippen LogP contribution in [0.5, 0.6) is 5.75 Å². The van der Waals surface area contributed by atoms with Gasteiger partial charge in [-0.3, -0.25) is 23.9 Å². The van der Waals surface area contributed by atoms with Crippen LogP contribution in [0.4, 0.5) is 0 Å². The van der Waals surface area contributed by atoms with Crippen LogP contribution in [-0.4, -0.2) is 95.9 Å². The van der Waals surface area contributed by atoms with Gasteiger partial charge < -0.3 is 19.3 Å². The molecular weight excluding hydrogens is 745 g/mol. The van der Waals surface area contributed by atoms with Crippen molar-refractivity contribution < 1.29 is 37.1 Å². The number of rotatable bonds is 6. The van der Waals surface area contributed by atoms with Gasteiger partial charge in [-0.15, -0.1) is 0 Å². The first-order valence-electron chi connectivity index (χ1n) is 20.7. The number of aryl methyl sites for hydroxylation is 2. The number of carbonyl (C=O) groups excluding carboxylic acids is 4. The summed E-state index contributed by atoms with van der Waals surface area (Å²) in [6.07, 6.45) is 11.5. The average molecular weight is 805 g/mol. The Bertz CT molecular complexity index is 2060. The number of piperidine rings is 1. The number of esters is 1. The first-order chi connectivity index (χ1) is 26.7. The van der Waals surface area contributed by atoms with E-state index in [0.717, 1.165) is 73.8 Å². The monoisotopic (exact) mass is 804 g/mol. The Labute approximate surface area is 337 Å². The van der Waals surface area contributed by atoms with Gasteiger partial charge in [-0.2, -0.15) is 0 Å². The van der Waals surface area contributed by atoms with Gasteiger partial charge in [0.05, 0.1) is 40.4 Å². The molecule has 4 fully saturated rings. The van der Waals surface area contributed by atoms with E-state index in [4.69, 9.17) is 14.5 Å². The summed E-state index contributed by atoms with van der Waals surface area (Å²) < 4.78 is 40.8. The number of ketones is 1. The molecule has 1 N–H and O–H groups in total. The molecule has 8 rings (SSSR count). The molecule has 12 nitrogen and oxygen atoms in total. The van der Waals surface area contributed by atoms with E-state index in [2.05, 4.69) is 9.62 Å². The number of sulfonamides is 1. The lowest BCUT2D eigenvalue weighted by Crippen LogP contribution is -2.48. The minimum atomic E-state index is -3.93. The molecule has 4 aliphatic heterocycles. The smallest absolute Gasteiger partial charge is 0.306 e. The Morgan fingerprint density at radius 1 is 1.04 bits per heavy atom. The zero-order chi connectivity index (χ0) is 39.5. The Morgan fingerprint density at radius 2 is 1.79 bits per heavy atom. The van der Waals surface area contributed by atoms with Gasteiger partial charge in [0.2, 0.25) is 21.8 Å². The number of Topliss-reactive ketones (excluding diaryl/α,β-unsaturated/α-hetero) is 1. The number of nitrogens with zero attached hydrogens (tertiary/aromatic N) is 3. The molecule has 1 spiro atoms. The second kappa shape index (κ2) is 15.7. The van der Waals surface area contributed by atoms with Gasteiger partial charge in [0.25, 0.3) is 0 Å². The molecule has 0 unspecified atom stereocenters. The molecular formula is C44H60N4O8S. The summed E-state index contributed by atoms with van der Waals surface area (Å²) in [5.74, 6) is -1.90. The number of hydrogen-bond donors (Lipinski definition) is 1. The Hall–Kier alpha value is -3.84. The second-order valence-corrected chi connectivity index (χ2v) is 20.1. The molecule has 0 bridgehead atoms. The highest BCUT2D eigenvalue weighted by Gasteiger charge is 2.63. The first-order valence-corrected chi connectivity index (χ1v) is 22.2. The van der Waals surface area contributed by atoms with E-state index in [0.29, 0.717) is 44.3 Å². The first kappa shape index (κ1) is 41.3. The van der Waals surface area contributed by atoms with Crippen molar-refractivity contribution in [2.75, 3.05) is 26.7 Å². The maximum atomic E-state index is 14.9. The summed E-state index contributed by atoms with van der Waals surface area (Å²) in [5.41, 5.74) is 0.571. The summed E-state index contributed by atoms with van der Waals surface area (Å²) >= 11 is 0. The van der Waals surface area contributed by atoms with E-state index < -0.39 is 49.6 Å². The Morgan fingerprint density at radius 3 is 2.54 bits per heavy atom. The summed E-state index contributed by atoms with van der Waals surface area (Å²) in [6.45, 7) is 5.39. The quantitative estimate of drug-likeness (QED) is 0.273. The SMILES string of the molecule is C.Cc1nc2ccccc2c2c1O[C@]1(CC2)C[C@H]2C(=O)C[C@]3(C(=O)NS(=O)(=O)C4(C)CC4)C[C@H]3/C=C\CCCCC[C@H](CC(=O)OC3CCN(C)CC3)C(=O)N2C1. The third-order valence-electron chi connectivity index (χ3n) is 13.7. The molecule has 2 amide bonds. The molecule has 2 saturated heterocycles. The molecule has 0 radical (unpaired) electrons. The van der Waals surface area contributed by atoms with Gasteiger partial charge in [0.15, 0.2) is 5.78 Å². The number of carbonyl (C=O) groups is 4. The topological polar surface area (TPSA) is 152 Å². The molecule has 5 atom stereocenters. The molecule has 2 aromatic rings.